The fourth-order valence-electron chi connectivity index (χ4n) is 1.36. The molecule has 0 fully saturated rings. The lowest BCUT2D eigenvalue weighted by Crippen LogP contribution is -1.86. The highest BCUT2D eigenvalue weighted by Crippen LogP contribution is 2.21. The number of hydrogen-bond donors (Lipinski definition) is 0. The molecule has 0 atom stereocenters. The van der Waals surface area contributed by atoms with Crippen molar-refractivity contribution in [3.05, 3.63) is 59.7 Å². The molecule has 0 aliphatic heterocycles. The van der Waals surface area contributed by atoms with E-state index >= 15 is 0 Å². The van der Waals surface area contributed by atoms with E-state index < -0.39 is 0 Å². The van der Waals surface area contributed by atoms with Gasteiger partial charge in [-0.15, -0.1) is 0 Å². The fraction of sp³-hybridized carbons (Fsp3) is 0. The third-order valence-corrected chi connectivity index (χ3v) is 2.27. The van der Waals surface area contributed by atoms with Crippen LogP contribution in [0.15, 0.2) is 48.5 Å². The molecule has 0 amide bonds. The molecule has 0 unspecified atom stereocenters. The van der Waals surface area contributed by atoms with Gasteiger partial charge in [0.05, 0.1) is 0 Å². The van der Waals surface area contributed by atoms with Crippen molar-refractivity contribution < 1.29 is 14.3 Å². The van der Waals surface area contributed by atoms with Gasteiger partial charge in [0.2, 0.25) is 0 Å². The summed E-state index contributed by atoms with van der Waals surface area (Å²) in [5.41, 5.74) is 1.21. The van der Waals surface area contributed by atoms with Gasteiger partial charge in [-0.1, -0.05) is 0 Å². The van der Waals surface area contributed by atoms with Crippen LogP contribution in [0.2, 0.25) is 0 Å². The van der Waals surface area contributed by atoms with Gasteiger partial charge in [0.25, 0.3) is 0 Å². The van der Waals surface area contributed by atoms with Gasteiger partial charge >= 0.3 is 0 Å². The van der Waals surface area contributed by atoms with Gasteiger partial charge in [-0.3, -0.25) is 9.59 Å². The van der Waals surface area contributed by atoms with Crippen molar-refractivity contribution in [3.8, 4) is 11.5 Å². The van der Waals surface area contributed by atoms with Crippen molar-refractivity contribution in [2.24, 2.45) is 0 Å². The molecule has 0 saturated heterocycles. The van der Waals surface area contributed by atoms with Crippen LogP contribution < -0.4 is 4.74 Å². The second-order valence-electron chi connectivity index (χ2n) is 3.48. The molecule has 3 heteroatoms. The molecule has 0 aliphatic rings. The van der Waals surface area contributed by atoms with Crippen LogP contribution in [0, 0.1) is 0 Å². The third-order valence-electron chi connectivity index (χ3n) is 2.27. The molecule has 0 heterocycles. The highest BCUT2D eigenvalue weighted by molar-refractivity contribution is 5.75. The lowest BCUT2D eigenvalue weighted by Gasteiger charge is -2.05. The first kappa shape index (κ1) is 11.1. The number of carbonyl (C=O) groups excluding carboxylic acids is 2. The summed E-state index contributed by atoms with van der Waals surface area (Å²) in [6.45, 7) is 0. The Morgan fingerprint density at radius 3 is 1.29 bits per heavy atom. The summed E-state index contributed by atoms with van der Waals surface area (Å²) in [7, 11) is 0. The summed E-state index contributed by atoms with van der Waals surface area (Å²) in [6, 6.07) is 13.6. The minimum absolute atomic E-state index is 0.605. The Hall–Kier alpha value is -2.42. The van der Waals surface area contributed by atoms with E-state index in [1.165, 1.54) is 0 Å². The van der Waals surface area contributed by atoms with Crippen molar-refractivity contribution in [3.63, 3.8) is 0 Å². The summed E-state index contributed by atoms with van der Waals surface area (Å²) in [4.78, 5) is 20.9. The van der Waals surface area contributed by atoms with Crippen LogP contribution in [0.4, 0.5) is 0 Å². The molecular formula is C14H10O3. The number of carbonyl (C=O) groups is 2. The van der Waals surface area contributed by atoms with Crippen LogP contribution in [0.1, 0.15) is 20.7 Å². The number of rotatable bonds is 4. The zero-order valence-electron chi connectivity index (χ0n) is 9.00. The standard InChI is InChI=1S/C14H10O3/c15-9-11-1-5-13(6-2-11)17-14-7-3-12(10-16)4-8-14/h1-10H. The van der Waals surface area contributed by atoms with Gasteiger partial charge in [-0.05, 0) is 48.5 Å². The van der Waals surface area contributed by atoms with Crippen molar-refractivity contribution in [1.82, 2.24) is 0 Å². The molecule has 0 radical (unpaired) electrons. The van der Waals surface area contributed by atoms with Crippen LogP contribution >= 0.6 is 0 Å². The Morgan fingerprint density at radius 2 is 1.00 bits per heavy atom. The second-order valence-corrected chi connectivity index (χ2v) is 3.48. The molecule has 0 bridgehead atoms. The first-order valence-electron chi connectivity index (χ1n) is 5.10. The lowest BCUT2D eigenvalue weighted by molar-refractivity contribution is 0.111. The molecule has 0 aromatic heterocycles. The van der Waals surface area contributed by atoms with Crippen LogP contribution in [0.5, 0.6) is 11.5 Å². The predicted molar refractivity (Wildman–Crippen MR) is 63.7 cm³/mol. The van der Waals surface area contributed by atoms with Crippen LogP contribution in [0.3, 0.4) is 0 Å². The van der Waals surface area contributed by atoms with Crippen LogP contribution in [0.25, 0.3) is 0 Å². The molecule has 0 saturated carbocycles. The second kappa shape index (κ2) is 5.07. The average molecular weight is 226 g/mol. The van der Waals surface area contributed by atoms with Crippen LogP contribution in [-0.4, -0.2) is 12.6 Å². The highest BCUT2D eigenvalue weighted by atomic mass is 16.5. The molecule has 84 valence electrons. The Kier molecular flexibility index (Phi) is 3.31. The molecule has 2 rings (SSSR count). The quantitative estimate of drug-likeness (QED) is 0.752. The Morgan fingerprint density at radius 1 is 0.647 bits per heavy atom. The van der Waals surface area contributed by atoms with E-state index in [0.29, 0.717) is 22.6 Å². The zero-order chi connectivity index (χ0) is 12.1. The van der Waals surface area contributed by atoms with E-state index in [4.69, 9.17) is 4.74 Å². The van der Waals surface area contributed by atoms with E-state index in [-0.39, 0.29) is 0 Å². The maximum absolute atomic E-state index is 10.5. The number of benzene rings is 2. The summed E-state index contributed by atoms with van der Waals surface area (Å²) >= 11 is 0. The van der Waals surface area contributed by atoms with Gasteiger partial charge in [0.1, 0.15) is 24.1 Å². The van der Waals surface area contributed by atoms with Gasteiger partial charge in [0.15, 0.2) is 0 Å². The molecule has 0 N–H and O–H groups in total. The molecule has 0 spiro atoms. The Labute approximate surface area is 98.7 Å². The molecular weight excluding hydrogens is 216 g/mol. The van der Waals surface area contributed by atoms with E-state index in [0.717, 1.165) is 12.6 Å². The minimum Gasteiger partial charge on any atom is -0.457 e. The summed E-state index contributed by atoms with van der Waals surface area (Å²) in [5.74, 6) is 1.30. The van der Waals surface area contributed by atoms with E-state index in [2.05, 4.69) is 0 Å². The van der Waals surface area contributed by atoms with Crippen molar-refractivity contribution in [2.75, 3.05) is 0 Å². The van der Waals surface area contributed by atoms with Crippen LogP contribution in [-0.2, 0) is 0 Å². The smallest absolute Gasteiger partial charge is 0.150 e. The Bertz CT molecular complexity index is 463. The number of hydrogen-bond acceptors (Lipinski definition) is 3. The SMILES string of the molecule is O=Cc1ccc(Oc2ccc(C=O)cc2)cc1. The largest absolute Gasteiger partial charge is 0.457 e. The minimum atomic E-state index is 0.605. The molecule has 2 aromatic rings. The molecule has 17 heavy (non-hydrogen) atoms. The summed E-state index contributed by atoms with van der Waals surface area (Å²) in [6.07, 6.45) is 1.56. The van der Waals surface area contributed by atoms with Gasteiger partial charge < -0.3 is 4.74 Å². The normalized spacial score (nSPS) is 9.65. The van der Waals surface area contributed by atoms with E-state index in [1.54, 1.807) is 48.5 Å². The van der Waals surface area contributed by atoms with Gasteiger partial charge in [-0.2, -0.15) is 0 Å². The maximum Gasteiger partial charge on any atom is 0.150 e. The summed E-state index contributed by atoms with van der Waals surface area (Å²) < 4.78 is 5.55. The molecule has 0 aliphatic carbocycles. The van der Waals surface area contributed by atoms with Gasteiger partial charge in [-0.25, -0.2) is 0 Å². The number of ether oxygens (including phenoxy) is 1. The fourth-order valence-corrected chi connectivity index (χ4v) is 1.36. The molecule has 3 nitrogen and oxygen atoms in total. The Balaban J connectivity index is 2.13. The zero-order valence-corrected chi connectivity index (χ0v) is 9.00. The maximum atomic E-state index is 10.5. The predicted octanol–water partition coefficient (Wildman–Crippen LogP) is 3.10. The van der Waals surface area contributed by atoms with Crippen molar-refractivity contribution in [2.45, 2.75) is 0 Å². The number of aldehydes is 2. The highest BCUT2D eigenvalue weighted by Gasteiger charge is 1.98. The van der Waals surface area contributed by atoms with E-state index in [1.807, 2.05) is 0 Å². The topological polar surface area (TPSA) is 43.4 Å². The molecule has 2 aromatic carbocycles. The third kappa shape index (κ3) is 2.78. The summed E-state index contributed by atoms with van der Waals surface area (Å²) in [5, 5.41) is 0. The average Bonchev–Trinajstić information content (AvgIpc) is 2.40. The van der Waals surface area contributed by atoms with Crippen molar-refractivity contribution >= 4 is 12.6 Å². The monoisotopic (exact) mass is 226 g/mol. The first-order chi connectivity index (χ1) is 8.31. The lowest BCUT2D eigenvalue weighted by atomic mass is 10.2. The first-order valence-corrected chi connectivity index (χ1v) is 5.10. The van der Waals surface area contributed by atoms with Crippen molar-refractivity contribution in [1.29, 1.82) is 0 Å². The van der Waals surface area contributed by atoms with E-state index in [9.17, 15) is 9.59 Å². The van der Waals surface area contributed by atoms with Gasteiger partial charge in [0, 0.05) is 11.1 Å².